The molecule has 1 unspecified atom stereocenters. The second-order valence-corrected chi connectivity index (χ2v) is 16.8. The van der Waals surface area contributed by atoms with Gasteiger partial charge in [0, 0.05) is 74.7 Å². The maximum absolute atomic E-state index is 12.1. The fourth-order valence-electron chi connectivity index (χ4n) is 9.22. The first-order chi connectivity index (χ1) is 30.9. The number of ether oxygens (including phenoxy) is 4. The molecule has 334 valence electrons. The van der Waals surface area contributed by atoms with Crippen LogP contribution in [0.3, 0.4) is 0 Å². The zero-order chi connectivity index (χ0) is 43.1. The Kier molecular flexibility index (Phi) is 13.3. The lowest BCUT2D eigenvalue weighted by atomic mass is 9.91. The molecular formula is C45H57N11O7. The first kappa shape index (κ1) is 42.5. The van der Waals surface area contributed by atoms with Crippen LogP contribution >= 0.6 is 0 Å². The number of aromatic nitrogens is 5. The highest BCUT2D eigenvalue weighted by atomic mass is 16.5. The second kappa shape index (κ2) is 19.7. The number of carbonyl (C=O) groups is 2. The van der Waals surface area contributed by atoms with E-state index in [1.54, 1.807) is 19.3 Å². The maximum Gasteiger partial charge on any atom is 0.360 e. The average molecular weight is 864 g/mol. The van der Waals surface area contributed by atoms with E-state index < -0.39 is 5.97 Å². The number of anilines is 5. The van der Waals surface area contributed by atoms with Gasteiger partial charge in [-0.3, -0.25) is 19.7 Å². The van der Waals surface area contributed by atoms with Crippen LogP contribution in [-0.2, 0) is 23.7 Å². The Bertz CT molecular complexity index is 2360. The predicted octanol–water partition coefficient (Wildman–Crippen LogP) is 5.47. The highest BCUT2D eigenvalue weighted by molar-refractivity contribution is 5.93. The molecule has 2 saturated heterocycles. The number of nitrogens with zero attached hydrogens (tertiary/aromatic N) is 7. The van der Waals surface area contributed by atoms with E-state index in [9.17, 15) is 9.59 Å². The van der Waals surface area contributed by atoms with Crippen LogP contribution in [0.2, 0.25) is 0 Å². The molecular weight excluding hydrogens is 807 g/mol. The Morgan fingerprint density at radius 1 is 0.746 bits per heavy atom. The zero-order valence-corrected chi connectivity index (χ0v) is 36.0. The van der Waals surface area contributed by atoms with Crippen molar-refractivity contribution in [1.82, 2.24) is 30.2 Å². The molecule has 2 aromatic carbocycles. The molecule has 2 aliphatic carbocycles. The normalized spacial score (nSPS) is 23.0. The number of benzene rings is 2. The van der Waals surface area contributed by atoms with E-state index in [1.165, 1.54) is 13.4 Å². The minimum atomic E-state index is -0.493. The van der Waals surface area contributed by atoms with Crippen molar-refractivity contribution < 1.29 is 33.0 Å². The minimum absolute atomic E-state index is 0.0709. The molecule has 4 fully saturated rings. The van der Waals surface area contributed by atoms with Crippen molar-refractivity contribution in [3.8, 4) is 0 Å². The van der Waals surface area contributed by atoms with Gasteiger partial charge in [0.15, 0.2) is 5.69 Å². The van der Waals surface area contributed by atoms with Crippen LogP contribution in [0, 0.1) is 0 Å². The summed E-state index contributed by atoms with van der Waals surface area (Å²) < 4.78 is 27.7. The monoisotopic (exact) mass is 863 g/mol. The Morgan fingerprint density at radius 3 is 2.10 bits per heavy atom. The van der Waals surface area contributed by atoms with Crippen molar-refractivity contribution in [3.05, 3.63) is 60.5 Å². The lowest BCUT2D eigenvalue weighted by Gasteiger charge is -2.35. The van der Waals surface area contributed by atoms with Gasteiger partial charge in [0.2, 0.25) is 5.91 Å². The maximum atomic E-state index is 12.1. The van der Waals surface area contributed by atoms with Crippen molar-refractivity contribution in [3.63, 3.8) is 0 Å². The van der Waals surface area contributed by atoms with Gasteiger partial charge < -0.3 is 54.4 Å². The lowest BCUT2D eigenvalue weighted by Crippen LogP contribution is -2.41. The van der Waals surface area contributed by atoms with Crippen molar-refractivity contribution >= 4 is 62.7 Å². The fourth-order valence-corrected chi connectivity index (χ4v) is 9.22. The molecule has 4 aliphatic rings. The molecule has 4 N–H and O–H groups in total. The van der Waals surface area contributed by atoms with Crippen LogP contribution < -0.4 is 31.1 Å². The number of hydrogen-bond donors (Lipinski definition) is 4. The Morgan fingerprint density at radius 2 is 1.38 bits per heavy atom. The molecule has 5 aromatic rings. The van der Waals surface area contributed by atoms with Gasteiger partial charge in [0.25, 0.3) is 6.01 Å². The Labute approximate surface area is 366 Å². The molecule has 18 nitrogen and oxygen atoms in total. The van der Waals surface area contributed by atoms with E-state index in [-0.39, 0.29) is 55.1 Å². The molecule has 1 atom stereocenters. The number of rotatable bonds is 14. The van der Waals surface area contributed by atoms with Crippen molar-refractivity contribution in [1.29, 1.82) is 0 Å². The quantitative estimate of drug-likeness (QED) is 0.102. The smallest absolute Gasteiger partial charge is 0.360 e. The van der Waals surface area contributed by atoms with Crippen LogP contribution in [0.5, 0.6) is 0 Å². The fraction of sp³-hybridized carbons (Fsp3) is 0.533. The van der Waals surface area contributed by atoms with Gasteiger partial charge in [-0.25, -0.2) is 9.78 Å². The molecule has 63 heavy (non-hydrogen) atoms. The highest BCUT2D eigenvalue weighted by Gasteiger charge is 2.29. The molecule has 3 aromatic heterocycles. The number of morpholine rings is 2. The topological polar surface area (TPSA) is 203 Å². The molecule has 18 heteroatoms. The number of oxazole rings is 1. The van der Waals surface area contributed by atoms with E-state index in [4.69, 9.17) is 43.3 Å². The Balaban J connectivity index is 0.905. The summed E-state index contributed by atoms with van der Waals surface area (Å²) in [6.45, 7) is 6.94. The van der Waals surface area contributed by atoms with Gasteiger partial charge in [0.1, 0.15) is 30.0 Å². The summed E-state index contributed by atoms with van der Waals surface area (Å²) in [4.78, 5) is 52.9. The largest absolute Gasteiger partial charge is 0.461 e. The SMILES string of the molecule is CCOC(=O)c1coc(NC2CCC(Nc3cc(N4CCOCC4)cc4ncc(C5CN(c6cc(NC7CCC(NC(=O)COC)CC7)c7nccnc7c6)CCO5)nc34)CC2)n1. The molecule has 0 radical (unpaired) electrons. The number of carbonyl (C=O) groups excluding carboxylic acids is 2. The van der Waals surface area contributed by atoms with Crippen LogP contribution in [0.1, 0.15) is 80.6 Å². The van der Waals surface area contributed by atoms with Crippen LogP contribution in [0.25, 0.3) is 22.1 Å². The lowest BCUT2D eigenvalue weighted by molar-refractivity contribution is -0.125. The van der Waals surface area contributed by atoms with Crippen molar-refractivity contribution in [2.45, 2.75) is 88.6 Å². The summed E-state index contributed by atoms with van der Waals surface area (Å²) in [5.74, 6) is -0.564. The number of nitrogens with one attached hydrogen (secondary N) is 4. The third-order valence-electron chi connectivity index (χ3n) is 12.5. The average Bonchev–Trinajstić information content (AvgIpc) is 3.79. The van der Waals surface area contributed by atoms with E-state index in [1.807, 2.05) is 6.20 Å². The van der Waals surface area contributed by atoms with Crippen molar-refractivity contribution in [2.75, 3.05) is 92.1 Å². The van der Waals surface area contributed by atoms with Gasteiger partial charge in [-0.1, -0.05) is 0 Å². The van der Waals surface area contributed by atoms with E-state index in [0.29, 0.717) is 38.9 Å². The molecule has 2 saturated carbocycles. The Hall–Kier alpha value is -5.85. The summed E-state index contributed by atoms with van der Waals surface area (Å²) in [5, 5.41) is 14.1. The minimum Gasteiger partial charge on any atom is -0.461 e. The number of esters is 1. The first-order valence-corrected chi connectivity index (χ1v) is 22.3. The van der Waals surface area contributed by atoms with Crippen LogP contribution in [0.15, 0.2) is 53.5 Å². The van der Waals surface area contributed by atoms with Gasteiger partial charge in [-0.15, -0.1) is 0 Å². The van der Waals surface area contributed by atoms with Gasteiger partial charge >= 0.3 is 5.97 Å². The number of amides is 1. The summed E-state index contributed by atoms with van der Waals surface area (Å²) in [6.07, 6.45) is 13.6. The van der Waals surface area contributed by atoms with Gasteiger partial charge in [-0.05, 0) is 82.6 Å². The van der Waals surface area contributed by atoms with Gasteiger partial charge in [0.05, 0.1) is 67.3 Å². The molecule has 0 spiro atoms. The van der Waals surface area contributed by atoms with E-state index >= 15 is 0 Å². The van der Waals surface area contributed by atoms with Crippen molar-refractivity contribution in [2.24, 2.45) is 0 Å². The summed E-state index contributed by atoms with van der Waals surface area (Å²) in [6, 6.07) is 9.74. The number of methoxy groups -OCH3 is 1. The van der Waals surface area contributed by atoms with Crippen LogP contribution in [0.4, 0.5) is 28.8 Å². The molecule has 9 rings (SSSR count). The molecule has 1 amide bonds. The summed E-state index contributed by atoms with van der Waals surface area (Å²) in [7, 11) is 1.54. The molecule has 2 aliphatic heterocycles. The van der Waals surface area contributed by atoms with Crippen LogP contribution in [-0.4, -0.2) is 127 Å². The highest BCUT2D eigenvalue weighted by Crippen LogP contribution is 2.36. The zero-order valence-electron chi connectivity index (χ0n) is 36.0. The first-order valence-electron chi connectivity index (χ1n) is 22.3. The molecule has 0 bridgehead atoms. The van der Waals surface area contributed by atoms with E-state index in [0.717, 1.165) is 115 Å². The molecule has 5 heterocycles. The third kappa shape index (κ3) is 10.2. The summed E-state index contributed by atoms with van der Waals surface area (Å²) >= 11 is 0. The van der Waals surface area contributed by atoms with E-state index in [2.05, 4.69) is 60.3 Å². The van der Waals surface area contributed by atoms with Gasteiger partial charge in [-0.2, -0.15) is 4.98 Å². The second-order valence-electron chi connectivity index (χ2n) is 16.8. The standard InChI is InChI=1S/C45H57N11O7/c1-3-61-44(58)39-26-63-45(54-39)52-31-10-6-29(7-11-31)50-37-22-32(55-14-17-60-18-15-55)20-35-43(37)53-38(24-48-35)40-25-56(16-19-62-40)33-21-34-42(47-13-12-46-34)36(23-33)49-28-4-8-30(9-5-28)51-41(57)27-59-2/h12-13,20-24,26,28-31,40,49-50H,3-11,14-19,25,27H2,1-2H3,(H,51,57)(H,52,54). The summed E-state index contributed by atoms with van der Waals surface area (Å²) in [5.41, 5.74) is 8.28. The number of hydrogen-bond acceptors (Lipinski definition) is 17. The number of fused-ring (bicyclic) bond motifs is 2. The third-order valence-corrected chi connectivity index (χ3v) is 12.5. The predicted molar refractivity (Wildman–Crippen MR) is 238 cm³/mol.